The molecule has 1 saturated carbocycles. The lowest BCUT2D eigenvalue weighted by molar-refractivity contribution is 0.308. The molecule has 6 nitrogen and oxygen atoms in total. The second-order valence-corrected chi connectivity index (χ2v) is 7.05. The van der Waals surface area contributed by atoms with Crippen molar-refractivity contribution in [2.75, 3.05) is 27.2 Å². The van der Waals surface area contributed by atoms with E-state index in [-0.39, 0.29) is 4.90 Å². The normalized spacial score (nSPS) is 15.4. The van der Waals surface area contributed by atoms with Gasteiger partial charge in [0.2, 0.25) is 0 Å². The van der Waals surface area contributed by atoms with Gasteiger partial charge >= 0.3 is 0 Å². The van der Waals surface area contributed by atoms with Crippen molar-refractivity contribution < 1.29 is 13.2 Å². The molecule has 2 N–H and O–H groups in total. The van der Waals surface area contributed by atoms with Gasteiger partial charge < -0.3 is 10.1 Å². The molecule has 1 aliphatic rings. The minimum absolute atomic E-state index is 0.221. The molecule has 0 aliphatic heterocycles. The van der Waals surface area contributed by atoms with Crippen molar-refractivity contribution in [2.45, 2.75) is 30.2 Å². The standard InChI is InChI=1S/C14H23N3O3S/c1-17(2)16-21(18,19)14-8-6-13(7-9-14)20-11-3-10-15-12-4-5-12/h6-9,12,15-16H,3-5,10-11H2,1-2H3. The number of rotatable bonds is 9. The average molecular weight is 313 g/mol. The first kappa shape index (κ1) is 16.2. The smallest absolute Gasteiger partial charge is 0.253 e. The van der Waals surface area contributed by atoms with Crippen LogP contribution in [0.5, 0.6) is 5.75 Å². The molecule has 0 spiro atoms. The Bertz CT molecular complexity index is 539. The summed E-state index contributed by atoms with van der Waals surface area (Å²) >= 11 is 0. The third kappa shape index (κ3) is 5.62. The van der Waals surface area contributed by atoms with E-state index >= 15 is 0 Å². The molecule has 0 aromatic heterocycles. The van der Waals surface area contributed by atoms with Gasteiger partial charge in [-0.05, 0) is 50.1 Å². The Morgan fingerprint density at radius 2 is 1.90 bits per heavy atom. The van der Waals surface area contributed by atoms with Crippen LogP contribution in [0.4, 0.5) is 0 Å². The molecule has 0 atom stereocenters. The second-order valence-electron chi connectivity index (χ2n) is 5.39. The van der Waals surface area contributed by atoms with Crippen LogP contribution in [0.25, 0.3) is 0 Å². The third-order valence-electron chi connectivity index (χ3n) is 3.04. The number of hydrogen-bond donors (Lipinski definition) is 2. The van der Waals surface area contributed by atoms with E-state index in [9.17, 15) is 8.42 Å². The zero-order valence-electron chi connectivity index (χ0n) is 12.5. The van der Waals surface area contributed by atoms with Gasteiger partial charge in [0.1, 0.15) is 5.75 Å². The molecule has 1 fully saturated rings. The summed E-state index contributed by atoms with van der Waals surface area (Å²) in [6.45, 7) is 1.59. The molecule has 0 heterocycles. The SMILES string of the molecule is CN(C)NS(=O)(=O)c1ccc(OCCCNC2CC2)cc1. The van der Waals surface area contributed by atoms with Crippen LogP contribution < -0.4 is 14.9 Å². The van der Waals surface area contributed by atoms with Crippen molar-refractivity contribution in [1.82, 2.24) is 15.2 Å². The molecule has 0 amide bonds. The van der Waals surface area contributed by atoms with E-state index in [1.165, 1.54) is 17.9 Å². The summed E-state index contributed by atoms with van der Waals surface area (Å²) in [6, 6.07) is 7.17. The Kier molecular flexibility index (Phi) is 5.58. The van der Waals surface area contributed by atoms with Gasteiger partial charge in [0.15, 0.2) is 0 Å². The van der Waals surface area contributed by atoms with Gasteiger partial charge in [-0.25, -0.2) is 13.4 Å². The number of sulfonamides is 1. The molecule has 1 aromatic rings. The highest BCUT2D eigenvalue weighted by molar-refractivity contribution is 7.89. The summed E-state index contributed by atoms with van der Waals surface area (Å²) < 4.78 is 29.4. The summed E-state index contributed by atoms with van der Waals surface area (Å²) in [5, 5.41) is 4.81. The zero-order valence-corrected chi connectivity index (χ0v) is 13.3. The largest absolute Gasteiger partial charge is 0.494 e. The van der Waals surface area contributed by atoms with E-state index in [0.29, 0.717) is 12.4 Å². The first-order valence-corrected chi connectivity index (χ1v) is 8.62. The van der Waals surface area contributed by atoms with Crippen molar-refractivity contribution in [2.24, 2.45) is 0 Å². The quantitative estimate of drug-likeness (QED) is 0.525. The fourth-order valence-electron chi connectivity index (χ4n) is 1.86. The van der Waals surface area contributed by atoms with Crippen LogP contribution in [0, 0.1) is 0 Å². The van der Waals surface area contributed by atoms with Crippen molar-refractivity contribution in [1.29, 1.82) is 0 Å². The average Bonchev–Trinajstić information content (AvgIpc) is 3.21. The van der Waals surface area contributed by atoms with Crippen molar-refractivity contribution in [3.8, 4) is 5.75 Å². The van der Waals surface area contributed by atoms with Gasteiger partial charge in [-0.15, -0.1) is 4.83 Å². The fourth-order valence-corrected chi connectivity index (χ4v) is 2.94. The number of hydrogen-bond acceptors (Lipinski definition) is 5. The lowest BCUT2D eigenvalue weighted by Gasteiger charge is -2.13. The van der Waals surface area contributed by atoms with E-state index in [2.05, 4.69) is 10.1 Å². The molecule has 1 aliphatic carbocycles. The molecule has 0 radical (unpaired) electrons. The molecule has 0 unspecified atom stereocenters. The Morgan fingerprint density at radius 1 is 1.24 bits per heavy atom. The maximum absolute atomic E-state index is 11.9. The number of ether oxygens (including phenoxy) is 1. The van der Waals surface area contributed by atoms with Crippen LogP contribution in [-0.2, 0) is 10.0 Å². The predicted molar refractivity (Wildman–Crippen MR) is 81.6 cm³/mol. The molecule has 21 heavy (non-hydrogen) atoms. The number of benzene rings is 1. The van der Waals surface area contributed by atoms with E-state index in [1.807, 2.05) is 0 Å². The van der Waals surface area contributed by atoms with Crippen molar-refractivity contribution in [3.63, 3.8) is 0 Å². The Hall–Kier alpha value is -1.15. The minimum Gasteiger partial charge on any atom is -0.494 e. The van der Waals surface area contributed by atoms with Crippen LogP contribution in [-0.4, -0.2) is 46.7 Å². The highest BCUT2D eigenvalue weighted by Crippen LogP contribution is 2.18. The summed E-state index contributed by atoms with van der Waals surface area (Å²) in [6.07, 6.45) is 3.52. The highest BCUT2D eigenvalue weighted by Gasteiger charge is 2.19. The van der Waals surface area contributed by atoms with Crippen LogP contribution >= 0.6 is 0 Å². The topological polar surface area (TPSA) is 70.7 Å². The molecule has 0 bridgehead atoms. The number of nitrogens with zero attached hydrogens (tertiary/aromatic N) is 1. The first-order valence-electron chi connectivity index (χ1n) is 7.13. The van der Waals surface area contributed by atoms with Gasteiger partial charge in [-0.3, -0.25) is 0 Å². The molecule has 7 heteroatoms. The monoisotopic (exact) mass is 313 g/mol. The highest BCUT2D eigenvalue weighted by atomic mass is 32.2. The van der Waals surface area contributed by atoms with Crippen molar-refractivity contribution in [3.05, 3.63) is 24.3 Å². The second kappa shape index (κ2) is 7.22. The lowest BCUT2D eigenvalue weighted by Crippen LogP contribution is -2.36. The Morgan fingerprint density at radius 3 is 2.48 bits per heavy atom. The summed E-state index contributed by atoms with van der Waals surface area (Å²) in [7, 11) is -0.238. The summed E-state index contributed by atoms with van der Waals surface area (Å²) in [5.74, 6) is 0.685. The third-order valence-corrected chi connectivity index (χ3v) is 4.54. The molecule has 2 rings (SSSR count). The van der Waals surface area contributed by atoms with Crippen LogP contribution in [0.15, 0.2) is 29.2 Å². The Labute approximate surface area is 126 Å². The molecular weight excluding hydrogens is 290 g/mol. The van der Waals surface area contributed by atoms with Gasteiger partial charge in [0.25, 0.3) is 10.0 Å². The van der Waals surface area contributed by atoms with Gasteiger partial charge in [-0.2, -0.15) is 0 Å². The van der Waals surface area contributed by atoms with Crippen LogP contribution in [0.3, 0.4) is 0 Å². The molecule has 1 aromatic carbocycles. The first-order chi connectivity index (χ1) is 9.97. The van der Waals surface area contributed by atoms with Gasteiger partial charge in [0, 0.05) is 20.1 Å². The van der Waals surface area contributed by atoms with E-state index in [1.54, 1.807) is 38.4 Å². The van der Waals surface area contributed by atoms with E-state index in [0.717, 1.165) is 19.0 Å². The van der Waals surface area contributed by atoms with Crippen LogP contribution in [0.1, 0.15) is 19.3 Å². The summed E-state index contributed by atoms with van der Waals surface area (Å²) in [5.41, 5.74) is 0. The molecular formula is C14H23N3O3S. The number of nitrogens with one attached hydrogen (secondary N) is 2. The van der Waals surface area contributed by atoms with Gasteiger partial charge in [-0.1, -0.05) is 0 Å². The fraction of sp³-hybridized carbons (Fsp3) is 0.571. The van der Waals surface area contributed by atoms with Crippen molar-refractivity contribution >= 4 is 10.0 Å². The summed E-state index contributed by atoms with van der Waals surface area (Å²) in [4.78, 5) is 2.61. The Balaban J connectivity index is 1.78. The lowest BCUT2D eigenvalue weighted by atomic mass is 10.3. The minimum atomic E-state index is -3.50. The number of hydrazine groups is 1. The van der Waals surface area contributed by atoms with E-state index in [4.69, 9.17) is 4.74 Å². The predicted octanol–water partition coefficient (Wildman–Crippen LogP) is 0.962. The zero-order chi connectivity index (χ0) is 15.3. The maximum Gasteiger partial charge on any atom is 0.253 e. The van der Waals surface area contributed by atoms with Gasteiger partial charge in [0.05, 0.1) is 11.5 Å². The van der Waals surface area contributed by atoms with E-state index < -0.39 is 10.0 Å². The van der Waals surface area contributed by atoms with Crippen LogP contribution in [0.2, 0.25) is 0 Å². The molecule has 0 saturated heterocycles. The maximum atomic E-state index is 11.9. The molecule has 118 valence electrons.